The highest BCUT2D eigenvalue weighted by atomic mass is 28.4. The summed E-state index contributed by atoms with van der Waals surface area (Å²) in [5, 5.41) is 3.29. The van der Waals surface area contributed by atoms with Crippen LogP contribution in [0.5, 0.6) is 0 Å². The Bertz CT molecular complexity index is 415. The average Bonchev–Trinajstić information content (AvgIpc) is 2.81. The van der Waals surface area contributed by atoms with E-state index in [2.05, 4.69) is 12.2 Å². The van der Waals surface area contributed by atoms with Crippen molar-refractivity contribution in [3.05, 3.63) is 0 Å². The molecule has 0 rings (SSSR count). The summed E-state index contributed by atoms with van der Waals surface area (Å²) in [5.74, 6) is -0.374. The highest BCUT2D eigenvalue weighted by molar-refractivity contribution is 6.60. The van der Waals surface area contributed by atoms with Crippen molar-refractivity contribution >= 4 is 14.8 Å². The van der Waals surface area contributed by atoms with Crippen molar-refractivity contribution in [2.75, 3.05) is 54.2 Å². The van der Waals surface area contributed by atoms with E-state index in [1.807, 2.05) is 6.92 Å². The molecule has 0 aliphatic carbocycles. The zero-order valence-corrected chi connectivity index (χ0v) is 22.5. The lowest BCUT2D eigenvalue weighted by Crippen LogP contribution is -2.43. The summed E-state index contributed by atoms with van der Waals surface area (Å²) in [4.78, 5) is 12.1. The van der Waals surface area contributed by atoms with Gasteiger partial charge in [0.15, 0.2) is 0 Å². The molecule has 7 nitrogen and oxygen atoms in total. The molecule has 0 aromatic carbocycles. The molecule has 192 valence electrons. The number of carbonyl (C=O) groups excluding carboxylic acids is 1. The van der Waals surface area contributed by atoms with Gasteiger partial charge in [0.1, 0.15) is 6.61 Å². The van der Waals surface area contributed by atoms with Gasteiger partial charge in [0.2, 0.25) is 0 Å². The van der Waals surface area contributed by atoms with Crippen LogP contribution in [0.2, 0.25) is 6.04 Å². The van der Waals surface area contributed by atoms with E-state index in [0.29, 0.717) is 19.8 Å². The van der Waals surface area contributed by atoms with Crippen molar-refractivity contribution in [3.8, 4) is 0 Å². The summed E-state index contributed by atoms with van der Waals surface area (Å²) < 4.78 is 27.1. The second-order valence-electron chi connectivity index (χ2n) is 8.47. The molecule has 0 aromatic heterocycles. The van der Waals surface area contributed by atoms with Crippen LogP contribution in [0.3, 0.4) is 0 Å². The summed E-state index contributed by atoms with van der Waals surface area (Å²) in [5.41, 5.74) is 0. The van der Waals surface area contributed by atoms with Gasteiger partial charge in [-0.25, -0.2) is 0 Å². The zero-order chi connectivity index (χ0) is 23.9. The first-order valence-electron chi connectivity index (χ1n) is 12.7. The van der Waals surface area contributed by atoms with Crippen molar-refractivity contribution in [2.45, 2.75) is 90.5 Å². The van der Waals surface area contributed by atoms with Crippen LogP contribution in [0.25, 0.3) is 0 Å². The number of carbonyl (C=O) groups is 1. The maximum atomic E-state index is 12.1. The van der Waals surface area contributed by atoms with Gasteiger partial charge in [-0.05, 0) is 19.4 Å². The van der Waals surface area contributed by atoms with E-state index in [9.17, 15) is 4.79 Å². The Morgan fingerprint density at radius 2 is 1.34 bits per heavy atom. The fraction of sp³-hybridized carbons (Fsp3) is 0.958. The third-order valence-corrected chi connectivity index (χ3v) is 8.57. The Morgan fingerprint density at radius 3 is 1.91 bits per heavy atom. The Morgan fingerprint density at radius 1 is 0.781 bits per heavy atom. The van der Waals surface area contributed by atoms with E-state index < -0.39 is 8.80 Å². The van der Waals surface area contributed by atoms with Crippen LogP contribution >= 0.6 is 0 Å². The summed E-state index contributed by atoms with van der Waals surface area (Å²) in [6, 6.07) is 0.735. The SMILES string of the molecule is CCCCCCCCCCCCOCCOC(=O)C(C)CNCCC[Si](OC)(OC)OC. The Hall–Kier alpha value is -0.513. The summed E-state index contributed by atoms with van der Waals surface area (Å²) in [6.45, 7) is 7.03. The normalized spacial score (nSPS) is 12.8. The number of ether oxygens (including phenoxy) is 2. The minimum absolute atomic E-state index is 0.186. The second-order valence-corrected chi connectivity index (χ2v) is 11.6. The standard InChI is InChI=1S/C24H51NO6Si/c1-6-7-8-9-10-11-12-13-14-15-18-30-19-20-31-24(26)23(2)22-25-17-16-21-32(27-3,28-4)29-5/h23,25H,6-22H2,1-5H3. The summed E-state index contributed by atoms with van der Waals surface area (Å²) in [6.07, 6.45) is 14.0. The molecule has 0 amide bonds. The molecule has 0 heterocycles. The molecule has 0 bridgehead atoms. The molecule has 0 aliphatic rings. The number of hydrogen-bond acceptors (Lipinski definition) is 7. The molecule has 32 heavy (non-hydrogen) atoms. The summed E-state index contributed by atoms with van der Waals surface area (Å²) in [7, 11) is 2.34. The molecule has 0 aromatic rings. The fourth-order valence-electron chi connectivity index (χ4n) is 3.53. The largest absolute Gasteiger partial charge is 0.500 e. The van der Waals surface area contributed by atoms with Crippen LogP contribution < -0.4 is 5.32 Å². The van der Waals surface area contributed by atoms with Crippen LogP contribution in [-0.2, 0) is 27.5 Å². The molecule has 0 aliphatic heterocycles. The molecule has 0 fully saturated rings. The smallest absolute Gasteiger partial charge is 0.463 e. The maximum absolute atomic E-state index is 12.1. The minimum Gasteiger partial charge on any atom is -0.463 e. The van der Waals surface area contributed by atoms with Crippen LogP contribution in [0.4, 0.5) is 0 Å². The Kier molecular flexibility index (Phi) is 21.9. The molecule has 8 heteroatoms. The Labute approximate surface area is 198 Å². The highest BCUT2D eigenvalue weighted by Crippen LogP contribution is 2.14. The predicted molar refractivity (Wildman–Crippen MR) is 132 cm³/mol. The lowest BCUT2D eigenvalue weighted by molar-refractivity contribution is -0.149. The minimum atomic E-state index is -2.51. The van der Waals surface area contributed by atoms with Crippen molar-refractivity contribution in [1.82, 2.24) is 5.32 Å². The third-order valence-electron chi connectivity index (χ3n) is 5.74. The molecule has 0 saturated heterocycles. The number of hydrogen-bond donors (Lipinski definition) is 1. The lowest BCUT2D eigenvalue weighted by Gasteiger charge is -2.24. The first-order valence-corrected chi connectivity index (χ1v) is 14.6. The van der Waals surface area contributed by atoms with E-state index in [1.54, 1.807) is 21.3 Å². The van der Waals surface area contributed by atoms with E-state index in [0.717, 1.165) is 32.0 Å². The van der Waals surface area contributed by atoms with E-state index in [4.69, 9.17) is 22.8 Å². The third kappa shape index (κ3) is 17.0. The van der Waals surface area contributed by atoms with Gasteiger partial charge in [0.25, 0.3) is 0 Å². The number of nitrogens with one attached hydrogen (secondary N) is 1. The van der Waals surface area contributed by atoms with Crippen LogP contribution in [0.15, 0.2) is 0 Å². The fourth-order valence-corrected chi connectivity index (χ4v) is 5.25. The first kappa shape index (κ1) is 31.5. The number of unbranched alkanes of at least 4 members (excludes halogenated alkanes) is 9. The average molecular weight is 478 g/mol. The summed E-state index contributed by atoms with van der Waals surface area (Å²) >= 11 is 0. The van der Waals surface area contributed by atoms with Gasteiger partial charge in [0.05, 0.1) is 12.5 Å². The highest BCUT2D eigenvalue weighted by Gasteiger charge is 2.36. The van der Waals surface area contributed by atoms with Gasteiger partial charge >= 0.3 is 14.8 Å². The first-order chi connectivity index (χ1) is 15.5. The molecule has 0 spiro atoms. The van der Waals surface area contributed by atoms with E-state index in [-0.39, 0.29) is 11.9 Å². The van der Waals surface area contributed by atoms with Gasteiger partial charge in [-0.15, -0.1) is 0 Å². The van der Waals surface area contributed by atoms with Crippen molar-refractivity contribution in [3.63, 3.8) is 0 Å². The molecular formula is C24H51NO6Si. The monoisotopic (exact) mass is 477 g/mol. The van der Waals surface area contributed by atoms with Crippen molar-refractivity contribution < 1.29 is 27.5 Å². The van der Waals surface area contributed by atoms with E-state index in [1.165, 1.54) is 57.8 Å². The molecule has 1 unspecified atom stereocenters. The topological polar surface area (TPSA) is 75.3 Å². The van der Waals surface area contributed by atoms with Crippen LogP contribution in [-0.4, -0.2) is 69.0 Å². The second kappa shape index (κ2) is 22.3. The molecule has 1 atom stereocenters. The molecular weight excluding hydrogens is 426 g/mol. The van der Waals surface area contributed by atoms with E-state index >= 15 is 0 Å². The van der Waals surface area contributed by atoms with Crippen molar-refractivity contribution in [2.24, 2.45) is 5.92 Å². The van der Waals surface area contributed by atoms with Gasteiger partial charge in [-0.2, -0.15) is 0 Å². The number of esters is 1. The van der Waals surface area contributed by atoms with Crippen molar-refractivity contribution in [1.29, 1.82) is 0 Å². The predicted octanol–water partition coefficient (Wildman–Crippen LogP) is 4.96. The van der Waals surface area contributed by atoms with Gasteiger partial charge < -0.3 is 28.1 Å². The van der Waals surface area contributed by atoms with Crippen LogP contribution in [0.1, 0.15) is 84.5 Å². The van der Waals surface area contributed by atoms with Crippen LogP contribution in [0, 0.1) is 5.92 Å². The van der Waals surface area contributed by atoms with Gasteiger partial charge in [0, 0.05) is 40.5 Å². The number of rotatable bonds is 24. The lowest BCUT2D eigenvalue weighted by atomic mass is 10.1. The maximum Gasteiger partial charge on any atom is 0.500 e. The van der Waals surface area contributed by atoms with Gasteiger partial charge in [-0.3, -0.25) is 4.79 Å². The molecule has 0 radical (unpaired) electrons. The van der Waals surface area contributed by atoms with Gasteiger partial charge in [-0.1, -0.05) is 71.6 Å². The quantitative estimate of drug-likeness (QED) is 0.120. The molecule has 0 saturated carbocycles. The zero-order valence-electron chi connectivity index (χ0n) is 21.5. The Balaban J connectivity index is 3.49. The molecule has 1 N–H and O–H groups in total.